The number of nitrogens with one attached hydrogen (secondary N) is 1. The van der Waals surface area contributed by atoms with Gasteiger partial charge in [-0.15, -0.1) is 0 Å². The predicted octanol–water partition coefficient (Wildman–Crippen LogP) is 2.61. The summed E-state index contributed by atoms with van der Waals surface area (Å²) < 4.78 is 14.9. The molecule has 0 bridgehead atoms. The third kappa shape index (κ3) is 2.29. The molecule has 3 rings (SSSR count). The summed E-state index contributed by atoms with van der Waals surface area (Å²) in [6.45, 7) is 2.10. The fourth-order valence-electron chi connectivity index (χ4n) is 2.40. The van der Waals surface area contributed by atoms with Gasteiger partial charge < -0.3 is 5.32 Å². The number of nitrogens with zero attached hydrogens (tertiary/aromatic N) is 2. The zero-order valence-electron chi connectivity index (χ0n) is 10.1. The van der Waals surface area contributed by atoms with Gasteiger partial charge in [0, 0.05) is 11.8 Å². The number of hydrogen-bond donors (Lipinski definition) is 1. The Balaban J connectivity index is 1.82. The summed E-state index contributed by atoms with van der Waals surface area (Å²) in [6, 6.07) is 7.03. The molecule has 18 heavy (non-hydrogen) atoms. The first kappa shape index (κ1) is 11.4. The summed E-state index contributed by atoms with van der Waals surface area (Å²) >= 11 is 0. The van der Waals surface area contributed by atoms with Crippen LogP contribution in [0, 0.1) is 5.82 Å². The highest BCUT2D eigenvalue weighted by atomic mass is 19.1. The molecule has 1 saturated heterocycles. The Morgan fingerprint density at radius 2 is 1.83 bits per heavy atom. The summed E-state index contributed by atoms with van der Waals surface area (Å²) in [7, 11) is 0. The molecule has 94 valence electrons. The Kier molecular flexibility index (Phi) is 3.11. The van der Waals surface area contributed by atoms with Crippen LogP contribution in [0.25, 0.3) is 11.1 Å². The van der Waals surface area contributed by atoms with E-state index in [2.05, 4.69) is 16.6 Å². The van der Waals surface area contributed by atoms with E-state index in [-0.39, 0.29) is 5.82 Å². The Morgan fingerprint density at radius 3 is 2.56 bits per heavy atom. The van der Waals surface area contributed by atoms with E-state index in [0.717, 1.165) is 37.1 Å². The highest BCUT2D eigenvalue weighted by Gasteiger charge is 2.15. The second-order valence-electron chi connectivity index (χ2n) is 4.70. The number of halogens is 1. The van der Waals surface area contributed by atoms with Crippen LogP contribution in [0.5, 0.6) is 0 Å². The summed E-state index contributed by atoms with van der Waals surface area (Å²) in [6.07, 6.45) is 6.15. The molecule has 0 spiro atoms. The molecule has 0 saturated carbocycles. The van der Waals surface area contributed by atoms with Crippen LogP contribution >= 0.6 is 0 Å². The van der Waals surface area contributed by atoms with Gasteiger partial charge in [-0.25, -0.2) is 4.39 Å². The molecule has 0 aliphatic carbocycles. The lowest BCUT2D eigenvalue weighted by atomic mass is 10.1. The molecule has 0 unspecified atom stereocenters. The van der Waals surface area contributed by atoms with Crippen molar-refractivity contribution in [1.82, 2.24) is 15.1 Å². The van der Waals surface area contributed by atoms with Crippen LogP contribution in [0.1, 0.15) is 18.9 Å². The van der Waals surface area contributed by atoms with Crippen molar-refractivity contribution < 1.29 is 4.39 Å². The fraction of sp³-hybridized carbons (Fsp3) is 0.357. The largest absolute Gasteiger partial charge is 0.317 e. The number of aromatic nitrogens is 2. The summed E-state index contributed by atoms with van der Waals surface area (Å²) in [4.78, 5) is 0. The zero-order valence-corrected chi connectivity index (χ0v) is 10.1. The lowest BCUT2D eigenvalue weighted by Crippen LogP contribution is -2.29. The molecule has 1 aliphatic heterocycles. The van der Waals surface area contributed by atoms with E-state index in [1.54, 1.807) is 12.1 Å². The van der Waals surface area contributed by atoms with Crippen LogP contribution in [0.2, 0.25) is 0 Å². The second kappa shape index (κ2) is 4.90. The average molecular weight is 245 g/mol. The quantitative estimate of drug-likeness (QED) is 0.881. The molecule has 0 atom stereocenters. The third-order valence-electron chi connectivity index (χ3n) is 3.46. The first-order valence-corrected chi connectivity index (χ1v) is 6.34. The Morgan fingerprint density at radius 1 is 1.11 bits per heavy atom. The van der Waals surface area contributed by atoms with Gasteiger partial charge in [0.1, 0.15) is 5.82 Å². The molecule has 3 nitrogen and oxygen atoms in total. The minimum absolute atomic E-state index is 0.204. The Labute approximate surface area is 106 Å². The molecular formula is C14H16FN3. The lowest BCUT2D eigenvalue weighted by molar-refractivity contribution is 0.343. The van der Waals surface area contributed by atoms with Crippen LogP contribution in [0.15, 0.2) is 36.7 Å². The van der Waals surface area contributed by atoms with Crippen molar-refractivity contribution >= 4 is 0 Å². The normalized spacial score (nSPS) is 16.9. The molecule has 1 aromatic carbocycles. The highest BCUT2D eigenvalue weighted by Crippen LogP contribution is 2.23. The number of benzene rings is 1. The number of hydrogen-bond acceptors (Lipinski definition) is 2. The SMILES string of the molecule is Fc1ccc(-c2cnn(C3CCNCC3)c2)cc1. The van der Waals surface area contributed by atoms with Crippen LogP contribution in [0.3, 0.4) is 0 Å². The molecule has 0 amide bonds. The molecule has 1 N–H and O–H groups in total. The van der Waals surface area contributed by atoms with Gasteiger partial charge >= 0.3 is 0 Å². The van der Waals surface area contributed by atoms with Crippen molar-refractivity contribution in [2.75, 3.05) is 13.1 Å². The smallest absolute Gasteiger partial charge is 0.123 e. The maximum atomic E-state index is 12.9. The van der Waals surface area contributed by atoms with Crippen molar-refractivity contribution in [3.63, 3.8) is 0 Å². The van der Waals surface area contributed by atoms with Crippen LogP contribution in [0.4, 0.5) is 4.39 Å². The summed E-state index contributed by atoms with van der Waals surface area (Å²) in [5.74, 6) is -0.204. The first-order valence-electron chi connectivity index (χ1n) is 6.34. The fourth-order valence-corrected chi connectivity index (χ4v) is 2.40. The molecule has 1 aliphatic rings. The van der Waals surface area contributed by atoms with Gasteiger partial charge in [-0.3, -0.25) is 4.68 Å². The minimum atomic E-state index is -0.204. The molecule has 1 fully saturated rings. The van der Waals surface area contributed by atoms with E-state index in [1.165, 1.54) is 12.1 Å². The van der Waals surface area contributed by atoms with Gasteiger partial charge in [-0.2, -0.15) is 5.10 Å². The molecule has 0 radical (unpaired) electrons. The van der Waals surface area contributed by atoms with Gasteiger partial charge in [-0.1, -0.05) is 12.1 Å². The Bertz CT molecular complexity index is 512. The summed E-state index contributed by atoms with van der Waals surface area (Å²) in [5.41, 5.74) is 2.06. The van der Waals surface area contributed by atoms with Crippen molar-refractivity contribution in [2.24, 2.45) is 0 Å². The van der Waals surface area contributed by atoms with E-state index < -0.39 is 0 Å². The molecule has 2 aromatic rings. The van der Waals surface area contributed by atoms with E-state index in [1.807, 2.05) is 10.9 Å². The van der Waals surface area contributed by atoms with Gasteiger partial charge in [0.05, 0.1) is 12.2 Å². The predicted molar refractivity (Wildman–Crippen MR) is 68.8 cm³/mol. The van der Waals surface area contributed by atoms with Crippen molar-refractivity contribution in [1.29, 1.82) is 0 Å². The second-order valence-corrected chi connectivity index (χ2v) is 4.70. The molecular weight excluding hydrogens is 229 g/mol. The van der Waals surface area contributed by atoms with E-state index in [0.29, 0.717) is 6.04 Å². The topological polar surface area (TPSA) is 29.9 Å². The Hall–Kier alpha value is -1.68. The van der Waals surface area contributed by atoms with Gasteiger partial charge in [-0.05, 0) is 43.6 Å². The molecule has 4 heteroatoms. The van der Waals surface area contributed by atoms with Gasteiger partial charge in [0.25, 0.3) is 0 Å². The third-order valence-corrected chi connectivity index (χ3v) is 3.46. The molecule has 1 aromatic heterocycles. The van der Waals surface area contributed by atoms with Gasteiger partial charge in [0.15, 0.2) is 0 Å². The van der Waals surface area contributed by atoms with Crippen molar-refractivity contribution in [3.8, 4) is 11.1 Å². The average Bonchev–Trinajstić information content (AvgIpc) is 2.90. The van der Waals surface area contributed by atoms with Crippen LogP contribution in [-0.4, -0.2) is 22.9 Å². The lowest BCUT2D eigenvalue weighted by Gasteiger charge is -2.22. The van der Waals surface area contributed by atoms with Gasteiger partial charge in [0.2, 0.25) is 0 Å². The van der Waals surface area contributed by atoms with E-state index in [9.17, 15) is 4.39 Å². The number of rotatable bonds is 2. The van der Waals surface area contributed by atoms with E-state index >= 15 is 0 Å². The number of piperidine rings is 1. The highest BCUT2D eigenvalue weighted by molar-refractivity contribution is 5.61. The maximum absolute atomic E-state index is 12.9. The monoisotopic (exact) mass is 245 g/mol. The zero-order chi connectivity index (χ0) is 12.4. The first-order chi connectivity index (χ1) is 8.83. The maximum Gasteiger partial charge on any atom is 0.123 e. The summed E-state index contributed by atoms with van der Waals surface area (Å²) in [5, 5.41) is 7.78. The standard InChI is InChI=1S/C14H16FN3/c15-13-3-1-11(2-4-13)12-9-17-18(10-12)14-5-7-16-8-6-14/h1-4,9-10,14,16H,5-8H2. The van der Waals surface area contributed by atoms with Crippen molar-refractivity contribution in [3.05, 3.63) is 42.5 Å². The van der Waals surface area contributed by atoms with Crippen LogP contribution in [-0.2, 0) is 0 Å². The van der Waals surface area contributed by atoms with Crippen molar-refractivity contribution in [2.45, 2.75) is 18.9 Å². The van der Waals surface area contributed by atoms with Crippen LogP contribution < -0.4 is 5.32 Å². The molecule has 2 heterocycles. The minimum Gasteiger partial charge on any atom is -0.317 e. The van der Waals surface area contributed by atoms with E-state index in [4.69, 9.17) is 0 Å².